The highest BCUT2D eigenvalue weighted by molar-refractivity contribution is 7.78. The normalized spacial score (nSPS) is 12.6. The smallest absolute Gasteiger partial charge is 0.307 e. The van der Waals surface area contributed by atoms with Crippen molar-refractivity contribution in [1.29, 1.82) is 0 Å². The summed E-state index contributed by atoms with van der Waals surface area (Å²) in [4.78, 5) is 10.4. The van der Waals surface area contributed by atoms with Crippen LogP contribution < -0.4 is 5.73 Å². The Balaban J connectivity index is 3.30. The van der Waals surface area contributed by atoms with Gasteiger partial charge in [0.15, 0.2) is 5.94 Å². The van der Waals surface area contributed by atoms with E-state index in [1.807, 2.05) is 0 Å². The van der Waals surface area contributed by atoms with Crippen molar-refractivity contribution in [2.75, 3.05) is 12.5 Å². The quantitative estimate of drug-likeness (QED) is 0.414. The number of rotatable bonds is 4. The van der Waals surface area contributed by atoms with Crippen molar-refractivity contribution < 1.29 is 18.3 Å². The lowest BCUT2D eigenvalue weighted by Gasteiger charge is -2.04. The minimum absolute atomic E-state index is 0.0528. The summed E-state index contributed by atoms with van der Waals surface area (Å²) in [6, 6.07) is 0. The third-order valence-electron chi connectivity index (χ3n) is 0.665. The van der Waals surface area contributed by atoms with Gasteiger partial charge >= 0.3 is 5.97 Å². The minimum atomic E-state index is -2.32. The molecule has 2 N–H and O–H groups in total. The summed E-state index contributed by atoms with van der Waals surface area (Å²) in [5.41, 5.74) is 4.98. The average Bonchev–Trinajstić information content (AvgIpc) is 1.85. The molecular formula is C4H8NO4S-. The monoisotopic (exact) mass is 166 g/mol. The lowest BCUT2D eigenvalue weighted by Crippen LogP contribution is -2.13. The molecule has 0 bridgehead atoms. The van der Waals surface area contributed by atoms with Crippen LogP contribution in [0.1, 0.15) is 6.42 Å². The number of nitrogens with two attached hydrogens (primary N) is 1. The lowest BCUT2D eigenvalue weighted by atomic mass is 10.4. The second kappa shape index (κ2) is 5.33. The van der Waals surface area contributed by atoms with E-state index in [0.29, 0.717) is 0 Å². The Kier molecular flexibility index (Phi) is 5.09. The van der Waals surface area contributed by atoms with Gasteiger partial charge < -0.3 is 15.0 Å². The van der Waals surface area contributed by atoms with Crippen LogP contribution in [0.3, 0.4) is 0 Å². The Hall–Kier alpha value is -0.460. The summed E-state index contributed by atoms with van der Waals surface area (Å²) in [5, 5.41) is 0. The van der Waals surface area contributed by atoms with Crippen LogP contribution in [0.5, 0.6) is 0 Å². The van der Waals surface area contributed by atoms with Gasteiger partial charge in [-0.25, -0.2) is 0 Å². The van der Waals surface area contributed by atoms with E-state index < -0.39 is 23.0 Å². The summed E-state index contributed by atoms with van der Waals surface area (Å²) >= 11 is -2.32. The molecule has 1 unspecified atom stereocenters. The van der Waals surface area contributed by atoms with Crippen molar-refractivity contribution in [1.82, 2.24) is 0 Å². The first-order valence-corrected chi connectivity index (χ1v) is 3.82. The van der Waals surface area contributed by atoms with E-state index in [9.17, 15) is 13.6 Å². The van der Waals surface area contributed by atoms with E-state index in [1.165, 1.54) is 0 Å². The summed E-state index contributed by atoms with van der Waals surface area (Å²) < 4.78 is 23.8. The predicted molar refractivity (Wildman–Crippen MR) is 33.6 cm³/mol. The molecule has 0 aromatic carbocycles. The highest BCUT2D eigenvalue weighted by Gasteiger charge is 1.98. The first-order valence-electron chi connectivity index (χ1n) is 2.58. The molecule has 0 saturated heterocycles. The third-order valence-corrected chi connectivity index (χ3v) is 0.975. The molecule has 6 heteroatoms. The number of ether oxygens (including phenoxy) is 1. The average molecular weight is 166 g/mol. The second-order valence-electron chi connectivity index (χ2n) is 1.48. The Morgan fingerprint density at radius 2 is 2.30 bits per heavy atom. The third kappa shape index (κ3) is 5.67. The molecule has 0 amide bonds. The topological polar surface area (TPSA) is 92.5 Å². The summed E-state index contributed by atoms with van der Waals surface area (Å²) in [6.07, 6.45) is 0.0528. The zero-order valence-corrected chi connectivity index (χ0v) is 6.06. The van der Waals surface area contributed by atoms with Gasteiger partial charge in [0, 0.05) is 6.54 Å². The molecule has 0 aliphatic carbocycles. The fourth-order valence-electron chi connectivity index (χ4n) is 0.304. The van der Waals surface area contributed by atoms with Crippen molar-refractivity contribution in [3.63, 3.8) is 0 Å². The van der Waals surface area contributed by atoms with Gasteiger partial charge in [0.25, 0.3) is 0 Å². The van der Waals surface area contributed by atoms with Crippen LogP contribution in [-0.2, 0) is 20.6 Å². The van der Waals surface area contributed by atoms with Crippen LogP contribution in [0.25, 0.3) is 0 Å². The summed E-state index contributed by atoms with van der Waals surface area (Å²) in [5.74, 6) is -1.18. The van der Waals surface area contributed by atoms with E-state index in [1.54, 1.807) is 0 Å². The van der Waals surface area contributed by atoms with Gasteiger partial charge in [0.2, 0.25) is 0 Å². The Bertz CT molecular complexity index is 137. The van der Waals surface area contributed by atoms with E-state index in [4.69, 9.17) is 5.73 Å². The molecule has 0 aliphatic heterocycles. The van der Waals surface area contributed by atoms with Crippen LogP contribution in [0.4, 0.5) is 0 Å². The maximum atomic E-state index is 10.4. The molecule has 0 aromatic rings. The van der Waals surface area contributed by atoms with Crippen LogP contribution in [-0.4, -0.2) is 27.2 Å². The Morgan fingerprint density at radius 3 is 2.70 bits per heavy atom. The maximum absolute atomic E-state index is 10.4. The number of carbonyl (C=O) groups excluding carboxylic acids is 1. The molecule has 5 nitrogen and oxygen atoms in total. The molecule has 0 saturated carbocycles. The van der Waals surface area contributed by atoms with Crippen LogP contribution in [0.2, 0.25) is 0 Å². The zero-order chi connectivity index (χ0) is 7.98. The van der Waals surface area contributed by atoms with Crippen LogP contribution >= 0.6 is 0 Å². The second-order valence-corrected chi connectivity index (χ2v) is 2.32. The largest absolute Gasteiger partial charge is 0.770 e. The zero-order valence-electron chi connectivity index (χ0n) is 5.24. The van der Waals surface area contributed by atoms with Gasteiger partial charge in [-0.3, -0.25) is 9.00 Å². The molecule has 0 heterocycles. The highest BCUT2D eigenvalue weighted by atomic mass is 32.2. The van der Waals surface area contributed by atoms with Crippen molar-refractivity contribution in [3.05, 3.63) is 0 Å². The Morgan fingerprint density at radius 1 is 1.70 bits per heavy atom. The molecule has 0 fully saturated rings. The van der Waals surface area contributed by atoms with E-state index >= 15 is 0 Å². The van der Waals surface area contributed by atoms with Gasteiger partial charge in [-0.15, -0.1) is 0 Å². The molecule has 0 spiro atoms. The van der Waals surface area contributed by atoms with E-state index in [-0.39, 0.29) is 13.0 Å². The fourth-order valence-corrected chi connectivity index (χ4v) is 0.532. The molecule has 0 aromatic heterocycles. The molecule has 60 valence electrons. The number of esters is 1. The predicted octanol–water partition coefficient (Wildman–Crippen LogP) is -1.28. The SMILES string of the molecule is NCCC(=O)OCS(=O)[O-]. The van der Waals surface area contributed by atoms with Crippen LogP contribution in [0.15, 0.2) is 0 Å². The van der Waals surface area contributed by atoms with Gasteiger partial charge in [0.1, 0.15) is 0 Å². The molecule has 10 heavy (non-hydrogen) atoms. The van der Waals surface area contributed by atoms with Gasteiger partial charge in [-0.05, 0) is 11.1 Å². The molecular weight excluding hydrogens is 158 g/mol. The van der Waals surface area contributed by atoms with Crippen molar-refractivity contribution in [2.45, 2.75) is 6.42 Å². The van der Waals surface area contributed by atoms with Gasteiger partial charge in [-0.1, -0.05) is 0 Å². The van der Waals surface area contributed by atoms with Crippen molar-refractivity contribution in [3.8, 4) is 0 Å². The first-order chi connectivity index (χ1) is 4.66. The molecule has 1 atom stereocenters. The van der Waals surface area contributed by atoms with Crippen LogP contribution in [0, 0.1) is 0 Å². The highest BCUT2D eigenvalue weighted by Crippen LogP contribution is 1.84. The standard InChI is InChI=1S/C4H9NO4S/c5-2-1-4(6)9-3-10(7)8/h1-3,5H2,(H,7,8)/p-1. The summed E-state index contributed by atoms with van der Waals surface area (Å²) in [6.45, 7) is 0.171. The molecule has 0 radical (unpaired) electrons. The van der Waals surface area contributed by atoms with Gasteiger partial charge in [-0.2, -0.15) is 0 Å². The summed E-state index contributed by atoms with van der Waals surface area (Å²) in [7, 11) is 0. The van der Waals surface area contributed by atoms with Gasteiger partial charge in [0.05, 0.1) is 6.42 Å². The van der Waals surface area contributed by atoms with Crippen molar-refractivity contribution in [2.24, 2.45) is 5.73 Å². The fraction of sp³-hybridized carbons (Fsp3) is 0.750. The lowest BCUT2D eigenvalue weighted by molar-refractivity contribution is -0.141. The number of hydrogen-bond acceptors (Lipinski definition) is 5. The minimum Gasteiger partial charge on any atom is -0.770 e. The van der Waals surface area contributed by atoms with Crippen molar-refractivity contribution >= 4 is 17.0 Å². The maximum Gasteiger partial charge on any atom is 0.307 e. The van der Waals surface area contributed by atoms with E-state index in [2.05, 4.69) is 4.74 Å². The molecule has 0 rings (SSSR count). The first kappa shape index (κ1) is 9.54. The number of hydrogen-bond donors (Lipinski definition) is 1. The van der Waals surface area contributed by atoms with E-state index in [0.717, 1.165) is 0 Å². The Labute approximate surface area is 60.8 Å². The molecule has 0 aliphatic rings. The number of carbonyl (C=O) groups is 1.